The molecule has 3 rings (SSSR count). The number of nitrogens with zero attached hydrogens (tertiary/aromatic N) is 4. The van der Waals surface area contributed by atoms with E-state index in [0.717, 1.165) is 21.9 Å². The molecule has 0 bridgehead atoms. The van der Waals surface area contributed by atoms with Crippen LogP contribution in [0.4, 0.5) is 11.5 Å². The number of ketones is 1. The van der Waals surface area contributed by atoms with Crippen LogP contribution < -0.4 is 21.9 Å². The van der Waals surface area contributed by atoms with Gasteiger partial charge in [0.25, 0.3) is 11.5 Å². The van der Waals surface area contributed by atoms with Crippen LogP contribution in [0.3, 0.4) is 0 Å². The van der Waals surface area contributed by atoms with Crippen LogP contribution >= 0.6 is 11.8 Å². The Labute approximate surface area is 196 Å². The van der Waals surface area contributed by atoms with Gasteiger partial charge in [-0.25, -0.2) is 9.79 Å². The van der Waals surface area contributed by atoms with Gasteiger partial charge in [0, 0.05) is 13.6 Å². The Balaban J connectivity index is 1.93. The minimum absolute atomic E-state index is 0.0141. The van der Waals surface area contributed by atoms with E-state index in [-0.39, 0.29) is 29.0 Å². The first-order chi connectivity index (χ1) is 15.6. The predicted octanol–water partition coefficient (Wildman–Crippen LogP) is 2.19. The molecule has 2 N–H and O–H groups in total. The third kappa shape index (κ3) is 4.66. The van der Waals surface area contributed by atoms with E-state index in [0.29, 0.717) is 23.8 Å². The SMILES string of the molecule is CCCn1c(N)c(C(=O)CSC2=NC(C(C)C)C(=O)N2c2ccc(C)cc2)c(=O)n(C)c1=O. The zero-order chi connectivity index (χ0) is 24.4. The van der Waals surface area contributed by atoms with Gasteiger partial charge >= 0.3 is 5.69 Å². The predicted molar refractivity (Wildman–Crippen MR) is 132 cm³/mol. The first-order valence-electron chi connectivity index (χ1n) is 10.8. The van der Waals surface area contributed by atoms with E-state index in [1.165, 1.54) is 16.5 Å². The van der Waals surface area contributed by atoms with Crippen LogP contribution in [0, 0.1) is 12.8 Å². The number of carbonyl (C=O) groups excluding carboxylic acids is 2. The lowest BCUT2D eigenvalue weighted by Crippen LogP contribution is -2.43. The average molecular weight is 472 g/mol. The summed E-state index contributed by atoms with van der Waals surface area (Å²) in [5, 5.41) is 0.396. The Kier molecular flexibility index (Phi) is 7.26. The van der Waals surface area contributed by atoms with E-state index >= 15 is 0 Å². The summed E-state index contributed by atoms with van der Waals surface area (Å²) in [6, 6.07) is 6.93. The standard InChI is InChI=1S/C23H29N5O4S/c1-6-11-27-19(24)17(20(30)26(5)23(27)32)16(29)12-33-22-25-18(13(2)3)21(31)28(22)15-9-7-14(4)8-10-15/h7-10,13,18H,6,11-12,24H2,1-5H3. The molecule has 1 aromatic heterocycles. The van der Waals surface area contributed by atoms with Crippen LogP contribution in [0.25, 0.3) is 0 Å². The van der Waals surface area contributed by atoms with Crippen LogP contribution in [0.1, 0.15) is 43.1 Å². The van der Waals surface area contributed by atoms with Crippen molar-refractivity contribution in [2.45, 2.75) is 46.7 Å². The summed E-state index contributed by atoms with van der Waals surface area (Å²) in [6.45, 7) is 7.95. The molecule has 0 saturated carbocycles. The number of carbonyl (C=O) groups is 2. The maximum absolute atomic E-state index is 13.1. The molecule has 1 aromatic carbocycles. The lowest BCUT2D eigenvalue weighted by molar-refractivity contribution is -0.118. The highest BCUT2D eigenvalue weighted by atomic mass is 32.2. The number of aromatic nitrogens is 2. The number of aliphatic imine (C=N–C) groups is 1. The summed E-state index contributed by atoms with van der Waals surface area (Å²) >= 11 is 1.08. The molecule has 2 aromatic rings. The second kappa shape index (κ2) is 9.78. The Bertz CT molecular complexity index is 1230. The van der Waals surface area contributed by atoms with Gasteiger partial charge in [-0.1, -0.05) is 50.2 Å². The van der Waals surface area contributed by atoms with Gasteiger partial charge in [0.2, 0.25) is 0 Å². The number of nitrogen functional groups attached to an aromatic ring is 1. The summed E-state index contributed by atoms with van der Waals surface area (Å²) in [7, 11) is 1.33. The van der Waals surface area contributed by atoms with Gasteiger partial charge in [-0.2, -0.15) is 0 Å². The van der Waals surface area contributed by atoms with Crippen molar-refractivity contribution in [2.24, 2.45) is 18.0 Å². The third-order valence-corrected chi connectivity index (χ3v) is 6.43. The van der Waals surface area contributed by atoms with Crippen molar-refractivity contribution in [1.82, 2.24) is 9.13 Å². The molecule has 10 heteroatoms. The molecule has 0 radical (unpaired) electrons. The summed E-state index contributed by atoms with van der Waals surface area (Å²) < 4.78 is 2.14. The number of Topliss-reactive ketones (excluding diaryl/α,β-unsaturated/α-hetero) is 1. The Morgan fingerprint density at radius 3 is 2.39 bits per heavy atom. The average Bonchev–Trinajstić information content (AvgIpc) is 3.11. The first kappa shape index (κ1) is 24.5. The number of hydrogen-bond acceptors (Lipinski definition) is 7. The smallest absolute Gasteiger partial charge is 0.332 e. The van der Waals surface area contributed by atoms with Gasteiger partial charge in [0.15, 0.2) is 11.0 Å². The van der Waals surface area contributed by atoms with Crippen LogP contribution in [-0.2, 0) is 18.4 Å². The zero-order valence-electron chi connectivity index (χ0n) is 19.5. The molecule has 1 amide bonds. The van der Waals surface area contributed by atoms with Crippen molar-refractivity contribution in [2.75, 3.05) is 16.4 Å². The van der Waals surface area contributed by atoms with E-state index in [9.17, 15) is 19.2 Å². The molecule has 0 spiro atoms. The van der Waals surface area contributed by atoms with Crippen molar-refractivity contribution >= 4 is 40.1 Å². The molecule has 9 nitrogen and oxygen atoms in total. The van der Waals surface area contributed by atoms with Crippen LogP contribution in [0.15, 0.2) is 38.8 Å². The molecule has 33 heavy (non-hydrogen) atoms. The number of aryl methyl sites for hydroxylation is 1. The summed E-state index contributed by atoms with van der Waals surface area (Å²) in [5.74, 6) is -0.968. The highest BCUT2D eigenvalue weighted by Gasteiger charge is 2.38. The van der Waals surface area contributed by atoms with E-state index in [1.807, 2.05) is 52.0 Å². The number of nitrogens with two attached hydrogens (primary N) is 1. The lowest BCUT2D eigenvalue weighted by atomic mass is 10.0. The number of rotatable bonds is 7. The number of amidine groups is 1. The number of amides is 1. The fourth-order valence-electron chi connectivity index (χ4n) is 3.61. The van der Waals surface area contributed by atoms with Crippen molar-refractivity contribution < 1.29 is 9.59 Å². The normalized spacial score (nSPS) is 15.9. The molecular weight excluding hydrogens is 442 g/mol. The Morgan fingerprint density at radius 2 is 1.82 bits per heavy atom. The van der Waals surface area contributed by atoms with Gasteiger partial charge in [-0.15, -0.1) is 0 Å². The van der Waals surface area contributed by atoms with Gasteiger partial charge in [0.1, 0.15) is 17.4 Å². The van der Waals surface area contributed by atoms with Crippen molar-refractivity contribution in [3.05, 3.63) is 56.2 Å². The highest BCUT2D eigenvalue weighted by Crippen LogP contribution is 2.30. The fraction of sp³-hybridized carbons (Fsp3) is 0.435. The first-order valence-corrected chi connectivity index (χ1v) is 11.8. The van der Waals surface area contributed by atoms with Crippen molar-refractivity contribution in [3.8, 4) is 0 Å². The van der Waals surface area contributed by atoms with Gasteiger partial charge in [-0.3, -0.25) is 28.4 Å². The van der Waals surface area contributed by atoms with Gasteiger partial charge < -0.3 is 5.73 Å². The number of hydrogen-bond donors (Lipinski definition) is 1. The lowest BCUT2D eigenvalue weighted by Gasteiger charge is -2.20. The van der Waals surface area contributed by atoms with Crippen LogP contribution in [-0.4, -0.2) is 37.8 Å². The van der Waals surface area contributed by atoms with Gasteiger partial charge in [-0.05, 0) is 31.4 Å². The van der Waals surface area contributed by atoms with E-state index in [1.54, 1.807) is 0 Å². The second-order valence-electron chi connectivity index (χ2n) is 8.38. The molecule has 0 saturated heterocycles. The number of benzene rings is 1. The van der Waals surface area contributed by atoms with Gasteiger partial charge in [0.05, 0.1) is 11.4 Å². The molecule has 0 aliphatic carbocycles. The zero-order valence-corrected chi connectivity index (χ0v) is 20.3. The topological polar surface area (TPSA) is 120 Å². The Morgan fingerprint density at radius 1 is 1.18 bits per heavy atom. The minimum Gasteiger partial charge on any atom is -0.384 e. The molecule has 176 valence electrons. The molecule has 1 aliphatic heterocycles. The maximum Gasteiger partial charge on any atom is 0.332 e. The monoisotopic (exact) mass is 471 g/mol. The molecule has 1 atom stereocenters. The van der Waals surface area contributed by atoms with Crippen molar-refractivity contribution in [3.63, 3.8) is 0 Å². The molecule has 2 heterocycles. The highest BCUT2D eigenvalue weighted by molar-refractivity contribution is 8.14. The Hall–Kier alpha value is -3.14. The van der Waals surface area contributed by atoms with E-state index in [2.05, 4.69) is 4.99 Å². The van der Waals surface area contributed by atoms with Crippen molar-refractivity contribution in [1.29, 1.82) is 0 Å². The fourth-order valence-corrected chi connectivity index (χ4v) is 4.53. The maximum atomic E-state index is 13.1. The van der Waals surface area contributed by atoms with Crippen LogP contribution in [0.5, 0.6) is 0 Å². The second-order valence-corrected chi connectivity index (χ2v) is 9.32. The largest absolute Gasteiger partial charge is 0.384 e. The molecule has 1 unspecified atom stereocenters. The minimum atomic E-state index is -0.727. The summed E-state index contributed by atoms with van der Waals surface area (Å²) in [6.07, 6.45) is 0.617. The summed E-state index contributed by atoms with van der Waals surface area (Å²) in [5.41, 5.74) is 6.29. The quantitative estimate of drug-likeness (QED) is 0.618. The van der Waals surface area contributed by atoms with E-state index < -0.39 is 23.1 Å². The molecule has 1 aliphatic rings. The molecule has 0 fully saturated rings. The van der Waals surface area contributed by atoms with Crippen LogP contribution in [0.2, 0.25) is 0 Å². The summed E-state index contributed by atoms with van der Waals surface area (Å²) in [4.78, 5) is 57.2. The van der Waals surface area contributed by atoms with E-state index in [4.69, 9.17) is 5.73 Å². The molecular formula is C23H29N5O4S. The third-order valence-electron chi connectivity index (χ3n) is 5.48. The number of thioether (sulfide) groups is 1. The number of anilines is 2.